The molecular weight excluding hydrogens is 282 g/mol. The molecule has 2 rings (SSSR count). The van der Waals surface area contributed by atoms with Gasteiger partial charge in [-0.05, 0) is 24.8 Å². The zero-order valence-electron chi connectivity index (χ0n) is 11.3. The zero-order valence-corrected chi connectivity index (χ0v) is 12.1. The van der Waals surface area contributed by atoms with E-state index >= 15 is 0 Å². The summed E-state index contributed by atoms with van der Waals surface area (Å²) < 4.78 is 24.1. The van der Waals surface area contributed by atoms with Gasteiger partial charge in [-0.2, -0.15) is 0 Å². The van der Waals surface area contributed by atoms with E-state index in [1.807, 2.05) is 0 Å². The lowest BCUT2D eigenvalue weighted by molar-refractivity contribution is 0.0775. The van der Waals surface area contributed by atoms with E-state index in [0.29, 0.717) is 31.1 Å². The lowest BCUT2D eigenvalue weighted by Crippen LogP contribution is -2.30. The molecule has 1 unspecified atom stereocenters. The quantitative estimate of drug-likeness (QED) is 0.783. The van der Waals surface area contributed by atoms with Crippen molar-refractivity contribution in [3.63, 3.8) is 0 Å². The van der Waals surface area contributed by atoms with Gasteiger partial charge in [0.1, 0.15) is 10.6 Å². The average molecular weight is 301 g/mol. The van der Waals surface area contributed by atoms with Crippen molar-refractivity contribution in [2.75, 3.05) is 19.7 Å². The minimum Gasteiger partial charge on any atom is -0.396 e. The number of aromatic nitrogens is 1. The predicted octanol–water partition coefficient (Wildman–Crippen LogP) is -0.483. The normalized spacial score (nSPS) is 19.6. The van der Waals surface area contributed by atoms with Crippen LogP contribution in [0.2, 0.25) is 0 Å². The van der Waals surface area contributed by atoms with Crippen LogP contribution in [0.15, 0.2) is 17.2 Å². The summed E-state index contributed by atoms with van der Waals surface area (Å²) in [4.78, 5) is 14.0. The number of hydrogen-bond donors (Lipinski definition) is 2. The molecule has 1 aromatic heterocycles. The van der Waals surface area contributed by atoms with Gasteiger partial charge in [0.25, 0.3) is 5.91 Å². The minimum absolute atomic E-state index is 0.0607. The van der Waals surface area contributed by atoms with E-state index in [9.17, 15) is 13.2 Å². The van der Waals surface area contributed by atoms with Gasteiger partial charge < -0.3 is 14.6 Å². The van der Waals surface area contributed by atoms with Gasteiger partial charge >= 0.3 is 0 Å². The van der Waals surface area contributed by atoms with E-state index in [2.05, 4.69) is 0 Å². The van der Waals surface area contributed by atoms with Gasteiger partial charge in [0, 0.05) is 32.9 Å². The van der Waals surface area contributed by atoms with Crippen LogP contribution in [0.5, 0.6) is 0 Å². The number of aliphatic hydroxyl groups is 1. The fourth-order valence-corrected chi connectivity index (χ4v) is 3.08. The van der Waals surface area contributed by atoms with Crippen LogP contribution in [0, 0.1) is 5.92 Å². The van der Waals surface area contributed by atoms with Gasteiger partial charge in [-0.1, -0.05) is 0 Å². The SMILES string of the molecule is Cn1cc(S(N)(=O)=O)cc1C(=O)N1CCC(CCO)C1. The number of aryl methyl sites for hydroxylation is 1. The molecule has 20 heavy (non-hydrogen) atoms. The monoisotopic (exact) mass is 301 g/mol. The summed E-state index contributed by atoms with van der Waals surface area (Å²) in [6.07, 6.45) is 2.88. The molecule has 7 nitrogen and oxygen atoms in total. The number of hydrogen-bond acceptors (Lipinski definition) is 4. The van der Waals surface area contributed by atoms with Gasteiger partial charge in [-0.25, -0.2) is 13.6 Å². The van der Waals surface area contributed by atoms with Crippen molar-refractivity contribution in [2.45, 2.75) is 17.7 Å². The molecule has 8 heteroatoms. The average Bonchev–Trinajstić information content (AvgIpc) is 2.95. The zero-order chi connectivity index (χ0) is 14.9. The van der Waals surface area contributed by atoms with Gasteiger partial charge in [0.05, 0.1) is 0 Å². The fourth-order valence-electron chi connectivity index (χ4n) is 2.50. The number of nitrogens with two attached hydrogens (primary N) is 1. The third-order valence-corrected chi connectivity index (χ3v) is 4.52. The Bertz CT molecular complexity index is 608. The van der Waals surface area contributed by atoms with Crippen molar-refractivity contribution < 1.29 is 18.3 Å². The second-order valence-electron chi connectivity index (χ2n) is 5.14. The number of sulfonamides is 1. The molecule has 0 spiro atoms. The van der Waals surface area contributed by atoms with E-state index < -0.39 is 10.0 Å². The molecule has 1 fully saturated rings. The maximum Gasteiger partial charge on any atom is 0.270 e. The molecule has 0 saturated carbocycles. The van der Waals surface area contributed by atoms with Crippen molar-refractivity contribution in [3.05, 3.63) is 18.0 Å². The third-order valence-electron chi connectivity index (χ3n) is 3.64. The van der Waals surface area contributed by atoms with E-state index in [4.69, 9.17) is 10.2 Å². The summed E-state index contributed by atoms with van der Waals surface area (Å²) in [6, 6.07) is 1.30. The molecule has 1 saturated heterocycles. The van der Waals surface area contributed by atoms with Crippen molar-refractivity contribution in [3.8, 4) is 0 Å². The molecule has 2 heterocycles. The fraction of sp³-hybridized carbons (Fsp3) is 0.583. The van der Waals surface area contributed by atoms with Crippen LogP contribution >= 0.6 is 0 Å². The van der Waals surface area contributed by atoms with Crippen LogP contribution in [-0.2, 0) is 17.1 Å². The molecule has 1 atom stereocenters. The summed E-state index contributed by atoms with van der Waals surface area (Å²) in [5.41, 5.74) is 0.304. The van der Waals surface area contributed by atoms with Crippen LogP contribution < -0.4 is 5.14 Å². The summed E-state index contributed by atoms with van der Waals surface area (Å²) in [7, 11) is -2.19. The minimum atomic E-state index is -3.81. The number of amides is 1. The molecule has 0 radical (unpaired) electrons. The highest BCUT2D eigenvalue weighted by molar-refractivity contribution is 7.89. The number of aliphatic hydroxyl groups excluding tert-OH is 1. The van der Waals surface area contributed by atoms with Crippen LogP contribution in [0.3, 0.4) is 0 Å². The van der Waals surface area contributed by atoms with E-state index in [1.165, 1.54) is 16.8 Å². The van der Waals surface area contributed by atoms with Crippen LogP contribution in [0.4, 0.5) is 0 Å². The number of nitrogens with zero attached hydrogens (tertiary/aromatic N) is 2. The third kappa shape index (κ3) is 3.02. The largest absolute Gasteiger partial charge is 0.396 e. The molecule has 0 aromatic carbocycles. The second kappa shape index (κ2) is 5.55. The maximum absolute atomic E-state index is 12.4. The molecule has 1 aliphatic heterocycles. The Morgan fingerprint density at radius 1 is 1.55 bits per heavy atom. The highest BCUT2D eigenvalue weighted by Gasteiger charge is 2.28. The van der Waals surface area contributed by atoms with Gasteiger partial charge in [-0.15, -0.1) is 0 Å². The lowest BCUT2D eigenvalue weighted by atomic mass is 10.1. The molecule has 1 amide bonds. The highest BCUT2D eigenvalue weighted by atomic mass is 32.2. The number of primary sulfonamides is 1. The van der Waals surface area contributed by atoms with E-state index in [0.717, 1.165) is 6.42 Å². The summed E-state index contributed by atoms with van der Waals surface area (Å²) >= 11 is 0. The Morgan fingerprint density at radius 3 is 2.80 bits per heavy atom. The standard InChI is InChI=1S/C12H19N3O4S/c1-14-8-10(20(13,18)19)6-11(14)12(17)15-4-2-9(7-15)3-5-16/h6,8-9,16H,2-5,7H2,1H3,(H2,13,18,19). The Labute approximate surface area is 118 Å². The first-order chi connectivity index (χ1) is 9.32. The lowest BCUT2D eigenvalue weighted by Gasteiger charge is -2.16. The highest BCUT2D eigenvalue weighted by Crippen LogP contribution is 2.22. The number of likely N-dealkylation sites (tertiary alicyclic amines) is 1. The van der Waals surface area contributed by atoms with Crippen LogP contribution in [-0.4, -0.2) is 48.6 Å². The first-order valence-electron chi connectivity index (χ1n) is 6.42. The predicted molar refractivity (Wildman–Crippen MR) is 72.5 cm³/mol. The molecule has 1 aromatic rings. The molecule has 3 N–H and O–H groups in total. The topological polar surface area (TPSA) is 106 Å². The molecule has 0 aliphatic carbocycles. The smallest absolute Gasteiger partial charge is 0.270 e. The van der Waals surface area contributed by atoms with Crippen LogP contribution in [0.25, 0.3) is 0 Å². The number of carbonyl (C=O) groups is 1. The Morgan fingerprint density at radius 2 is 2.25 bits per heavy atom. The van der Waals surface area contributed by atoms with E-state index in [1.54, 1.807) is 11.9 Å². The number of rotatable bonds is 4. The molecular formula is C12H19N3O4S. The summed E-state index contributed by atoms with van der Waals surface area (Å²) in [5.74, 6) is 0.102. The maximum atomic E-state index is 12.4. The second-order valence-corrected chi connectivity index (χ2v) is 6.70. The Kier molecular flexibility index (Phi) is 4.17. The van der Waals surface area contributed by atoms with Crippen molar-refractivity contribution in [1.82, 2.24) is 9.47 Å². The summed E-state index contributed by atoms with van der Waals surface area (Å²) in [6.45, 7) is 1.33. The first-order valence-corrected chi connectivity index (χ1v) is 7.97. The van der Waals surface area contributed by atoms with Crippen molar-refractivity contribution in [1.29, 1.82) is 0 Å². The Balaban J connectivity index is 2.16. The Hall–Kier alpha value is -1.38. The first kappa shape index (κ1) is 15.0. The van der Waals surface area contributed by atoms with Crippen molar-refractivity contribution in [2.24, 2.45) is 18.1 Å². The molecule has 112 valence electrons. The van der Waals surface area contributed by atoms with Crippen molar-refractivity contribution >= 4 is 15.9 Å². The summed E-state index contributed by atoms with van der Waals surface area (Å²) in [5, 5.41) is 14.0. The molecule has 1 aliphatic rings. The van der Waals surface area contributed by atoms with Gasteiger partial charge in [0.15, 0.2) is 0 Å². The molecule has 0 bridgehead atoms. The van der Waals surface area contributed by atoms with Gasteiger partial charge in [0.2, 0.25) is 10.0 Å². The van der Waals surface area contributed by atoms with Gasteiger partial charge in [-0.3, -0.25) is 4.79 Å². The van der Waals surface area contributed by atoms with Crippen LogP contribution in [0.1, 0.15) is 23.3 Å². The van der Waals surface area contributed by atoms with E-state index in [-0.39, 0.29) is 17.4 Å². The number of carbonyl (C=O) groups excluding carboxylic acids is 1.